The first kappa shape index (κ1) is 23.8. The molecule has 5 rings (SSSR count). The molecule has 184 valence electrons. The Kier molecular flexibility index (Phi) is 6.86. The average Bonchev–Trinajstić information content (AvgIpc) is 3.57. The molecule has 3 heterocycles. The minimum atomic E-state index is -0.524. The zero-order valence-corrected chi connectivity index (χ0v) is 20.6. The summed E-state index contributed by atoms with van der Waals surface area (Å²) < 4.78 is 11.4. The van der Waals surface area contributed by atoms with E-state index < -0.39 is 5.91 Å². The molecule has 1 fully saturated rings. The highest BCUT2D eigenvalue weighted by molar-refractivity contribution is 8.27. The number of fused-ring (bicyclic) bond motifs is 1. The van der Waals surface area contributed by atoms with Gasteiger partial charge in [-0.05, 0) is 53.9 Å². The number of hydrazone groups is 1. The van der Waals surface area contributed by atoms with Crippen LogP contribution in [0.25, 0.3) is 6.08 Å². The van der Waals surface area contributed by atoms with Gasteiger partial charge in [-0.15, -0.1) is 0 Å². The van der Waals surface area contributed by atoms with Crippen LogP contribution in [0, 0.1) is 5.41 Å². The molecule has 0 saturated carbocycles. The summed E-state index contributed by atoms with van der Waals surface area (Å²) in [6.07, 6.45) is 3.76. The number of thioether (sulfide) groups is 1. The number of nitrogens with one attached hydrogen (secondary N) is 1. The van der Waals surface area contributed by atoms with E-state index in [1.807, 2.05) is 35.2 Å². The molecule has 0 spiro atoms. The van der Waals surface area contributed by atoms with E-state index in [0.29, 0.717) is 33.9 Å². The second-order valence-electron chi connectivity index (χ2n) is 8.46. The molecule has 3 aliphatic heterocycles. The van der Waals surface area contributed by atoms with Crippen LogP contribution >= 0.6 is 11.8 Å². The summed E-state index contributed by atoms with van der Waals surface area (Å²) in [5, 5.41) is 15.1. The first-order chi connectivity index (χ1) is 17.5. The number of likely N-dealkylation sites (tertiary alicyclic amines) is 1. The fraction of sp³-hybridized carbons (Fsp3) is 0.269. The number of amidine groups is 2. The van der Waals surface area contributed by atoms with Gasteiger partial charge in [0.2, 0.25) is 11.1 Å². The number of ether oxygens (including phenoxy) is 2. The Morgan fingerprint density at radius 3 is 2.67 bits per heavy atom. The Morgan fingerprint density at radius 2 is 1.92 bits per heavy atom. The lowest BCUT2D eigenvalue weighted by Crippen LogP contribution is -2.35. The van der Waals surface area contributed by atoms with Crippen LogP contribution in [0.3, 0.4) is 0 Å². The van der Waals surface area contributed by atoms with E-state index in [2.05, 4.69) is 10.1 Å². The van der Waals surface area contributed by atoms with Gasteiger partial charge < -0.3 is 14.4 Å². The summed E-state index contributed by atoms with van der Waals surface area (Å²) in [5.74, 6) is 0.488. The molecule has 2 amide bonds. The maximum atomic E-state index is 12.8. The third kappa shape index (κ3) is 5.03. The maximum absolute atomic E-state index is 12.8. The maximum Gasteiger partial charge on any atom is 0.283 e. The number of hydrogen-bond acceptors (Lipinski definition) is 7. The molecule has 36 heavy (non-hydrogen) atoms. The van der Waals surface area contributed by atoms with Gasteiger partial charge in [0.1, 0.15) is 11.7 Å². The van der Waals surface area contributed by atoms with Crippen LogP contribution in [0.4, 0.5) is 0 Å². The van der Waals surface area contributed by atoms with Crippen LogP contribution in [0.2, 0.25) is 0 Å². The van der Waals surface area contributed by atoms with Crippen LogP contribution in [-0.2, 0) is 16.2 Å². The van der Waals surface area contributed by atoms with Crippen molar-refractivity contribution < 1.29 is 19.1 Å². The van der Waals surface area contributed by atoms with Gasteiger partial charge in [-0.25, -0.2) is 0 Å². The van der Waals surface area contributed by atoms with E-state index in [1.165, 1.54) is 5.01 Å². The zero-order valence-electron chi connectivity index (χ0n) is 19.8. The molecule has 1 N–H and O–H groups in total. The summed E-state index contributed by atoms with van der Waals surface area (Å²) in [5.41, 5.74) is 1.80. The minimum Gasteiger partial charge on any atom is -0.493 e. The smallest absolute Gasteiger partial charge is 0.283 e. The van der Waals surface area contributed by atoms with Crippen molar-refractivity contribution >= 4 is 45.7 Å². The molecule has 0 atom stereocenters. The third-order valence-electron chi connectivity index (χ3n) is 5.99. The molecule has 0 radical (unpaired) electrons. The highest BCUT2D eigenvalue weighted by Crippen LogP contribution is 2.32. The van der Waals surface area contributed by atoms with Gasteiger partial charge in [-0.1, -0.05) is 36.4 Å². The molecule has 10 heteroatoms. The van der Waals surface area contributed by atoms with Gasteiger partial charge in [0.25, 0.3) is 5.91 Å². The van der Waals surface area contributed by atoms with Gasteiger partial charge in [0, 0.05) is 13.1 Å². The molecule has 2 aromatic carbocycles. The Hall–Kier alpha value is -3.92. The van der Waals surface area contributed by atoms with Crippen molar-refractivity contribution in [2.45, 2.75) is 25.9 Å². The van der Waals surface area contributed by atoms with Crippen LogP contribution < -0.4 is 9.47 Å². The summed E-state index contributed by atoms with van der Waals surface area (Å²) in [6, 6.07) is 15.1. The standard InChI is InChI=1S/C26H25N5O4S/c1-34-21-14-18(9-10-20(21)35-16-17-7-3-2-4-8-17)13-19-24(27)31-26(28-25(19)33)36-22(29-31)15-23(32)30-11-5-6-12-30/h2-4,7-10,13-14,27H,5-6,11-12,15-16H2,1H3/b19-13-,27-24?. The van der Waals surface area contributed by atoms with Crippen LogP contribution in [0.1, 0.15) is 30.4 Å². The summed E-state index contributed by atoms with van der Waals surface area (Å²) in [4.78, 5) is 31.2. The number of hydrogen-bond donors (Lipinski definition) is 1. The predicted molar refractivity (Wildman–Crippen MR) is 139 cm³/mol. The molecule has 0 aliphatic carbocycles. The topological polar surface area (TPSA) is 108 Å². The monoisotopic (exact) mass is 503 g/mol. The van der Waals surface area contributed by atoms with Gasteiger partial charge in [0.05, 0.1) is 19.1 Å². The van der Waals surface area contributed by atoms with Crippen molar-refractivity contribution in [3.05, 3.63) is 65.2 Å². The van der Waals surface area contributed by atoms with Gasteiger partial charge >= 0.3 is 0 Å². The number of aliphatic imine (C=N–C) groups is 1. The van der Waals surface area contributed by atoms with Gasteiger partial charge in [0.15, 0.2) is 17.3 Å². The molecule has 0 bridgehead atoms. The molecule has 1 saturated heterocycles. The first-order valence-corrected chi connectivity index (χ1v) is 12.4. The van der Waals surface area contributed by atoms with E-state index in [-0.39, 0.29) is 23.7 Å². The van der Waals surface area contributed by atoms with Gasteiger partial charge in [-0.2, -0.15) is 15.1 Å². The van der Waals surface area contributed by atoms with Crippen molar-refractivity contribution in [2.75, 3.05) is 20.2 Å². The highest BCUT2D eigenvalue weighted by Gasteiger charge is 2.36. The number of nitrogens with zero attached hydrogens (tertiary/aromatic N) is 4. The van der Waals surface area contributed by atoms with Crippen molar-refractivity contribution in [3.8, 4) is 11.5 Å². The minimum absolute atomic E-state index is 0.00878. The van der Waals surface area contributed by atoms with Crippen LogP contribution in [0.15, 0.2) is 64.2 Å². The summed E-state index contributed by atoms with van der Waals surface area (Å²) >= 11 is 1.16. The van der Waals surface area contributed by atoms with E-state index in [4.69, 9.17) is 14.9 Å². The molecule has 3 aliphatic rings. The molecular weight excluding hydrogens is 478 g/mol. The number of carbonyl (C=O) groups excluding carboxylic acids is 2. The van der Waals surface area contributed by atoms with E-state index in [1.54, 1.807) is 31.4 Å². The first-order valence-electron chi connectivity index (χ1n) is 11.6. The Balaban J connectivity index is 1.31. The second-order valence-corrected chi connectivity index (χ2v) is 9.50. The third-order valence-corrected chi connectivity index (χ3v) is 6.90. The number of benzene rings is 2. The van der Waals surface area contributed by atoms with Crippen LogP contribution in [0.5, 0.6) is 11.5 Å². The van der Waals surface area contributed by atoms with Gasteiger partial charge in [-0.3, -0.25) is 15.0 Å². The number of rotatable bonds is 7. The lowest BCUT2D eigenvalue weighted by Gasteiger charge is -2.20. The molecule has 2 aromatic rings. The van der Waals surface area contributed by atoms with E-state index in [0.717, 1.165) is 43.3 Å². The van der Waals surface area contributed by atoms with Crippen molar-refractivity contribution in [3.63, 3.8) is 0 Å². The quantitative estimate of drug-likeness (QED) is 0.574. The number of amides is 2. The zero-order chi connectivity index (χ0) is 25.1. The molecule has 9 nitrogen and oxygen atoms in total. The summed E-state index contributed by atoms with van der Waals surface area (Å²) in [6.45, 7) is 1.93. The lowest BCUT2D eigenvalue weighted by molar-refractivity contribution is -0.128. The van der Waals surface area contributed by atoms with Crippen LogP contribution in [-0.4, -0.2) is 58.0 Å². The predicted octanol–water partition coefficient (Wildman–Crippen LogP) is 3.91. The van der Waals surface area contributed by atoms with E-state index >= 15 is 0 Å². The fourth-order valence-corrected chi connectivity index (χ4v) is 4.98. The SMILES string of the molecule is COc1cc(/C=C2/C(=N)N3N=C(CC(=O)N4CCCC4)SC3=NC2=O)ccc1OCc1ccccc1. The molecular formula is C26H25N5O4S. The summed E-state index contributed by atoms with van der Waals surface area (Å²) in [7, 11) is 1.55. The largest absolute Gasteiger partial charge is 0.493 e. The highest BCUT2D eigenvalue weighted by atomic mass is 32.2. The van der Waals surface area contributed by atoms with Crippen molar-refractivity contribution in [1.29, 1.82) is 5.41 Å². The molecule has 0 aromatic heterocycles. The van der Waals surface area contributed by atoms with E-state index in [9.17, 15) is 9.59 Å². The molecule has 0 unspecified atom stereocenters. The van der Waals surface area contributed by atoms with Crippen molar-refractivity contribution in [2.24, 2.45) is 10.1 Å². The Morgan fingerprint density at radius 1 is 1.14 bits per heavy atom. The average molecular weight is 504 g/mol. The fourth-order valence-electron chi connectivity index (χ4n) is 4.11. The normalized spacial score (nSPS) is 18.3. The van der Waals surface area contributed by atoms with Crippen molar-refractivity contribution in [1.82, 2.24) is 9.91 Å². The Bertz CT molecular complexity index is 1300. The number of carbonyl (C=O) groups is 2. The number of methoxy groups -OCH3 is 1. The lowest BCUT2D eigenvalue weighted by atomic mass is 10.1. The Labute approximate surface area is 213 Å². The second kappa shape index (κ2) is 10.4.